The van der Waals surface area contributed by atoms with E-state index < -0.39 is 29.7 Å². The second kappa shape index (κ2) is 3.51. The van der Waals surface area contributed by atoms with E-state index in [1.807, 2.05) is 0 Å². The molecule has 3 N–H and O–H groups in total. The summed E-state index contributed by atoms with van der Waals surface area (Å²) in [5.41, 5.74) is -2.68. The first-order valence-electron chi connectivity index (χ1n) is 5.41. The van der Waals surface area contributed by atoms with Crippen molar-refractivity contribution < 1.29 is 24.8 Å². The van der Waals surface area contributed by atoms with E-state index >= 15 is 0 Å². The van der Waals surface area contributed by atoms with Gasteiger partial charge in [0, 0.05) is 6.42 Å². The zero-order valence-electron chi connectivity index (χ0n) is 9.35. The Hall–Kier alpha value is -0.460. The highest BCUT2D eigenvalue weighted by Crippen LogP contribution is 2.52. The first-order valence-corrected chi connectivity index (χ1v) is 5.41. The van der Waals surface area contributed by atoms with Gasteiger partial charge in [-0.1, -0.05) is 6.08 Å². The van der Waals surface area contributed by atoms with Crippen LogP contribution < -0.4 is 0 Å². The summed E-state index contributed by atoms with van der Waals surface area (Å²) in [5.74, 6) is -0.842. The molecule has 4 atom stereocenters. The molecule has 2 rings (SSSR count). The number of hydrogen-bond acceptors (Lipinski definition) is 5. The normalized spacial score (nSPS) is 51.6. The van der Waals surface area contributed by atoms with Crippen molar-refractivity contribution >= 4 is 0 Å². The Bertz CT molecular complexity index is 307. The molecule has 2 bridgehead atoms. The lowest BCUT2D eigenvalue weighted by Gasteiger charge is -2.47. The molecule has 16 heavy (non-hydrogen) atoms. The van der Waals surface area contributed by atoms with Gasteiger partial charge in [-0.3, -0.25) is 0 Å². The topological polar surface area (TPSA) is 79.2 Å². The Morgan fingerprint density at radius 1 is 1.44 bits per heavy atom. The van der Waals surface area contributed by atoms with Gasteiger partial charge in [0.2, 0.25) is 0 Å². The molecular formula is C11H18O5. The van der Waals surface area contributed by atoms with Crippen LogP contribution in [0, 0.1) is 0 Å². The highest BCUT2D eigenvalue weighted by Gasteiger charge is 2.67. The molecule has 0 aromatic heterocycles. The van der Waals surface area contributed by atoms with Gasteiger partial charge >= 0.3 is 0 Å². The maximum absolute atomic E-state index is 10.4. The van der Waals surface area contributed by atoms with Gasteiger partial charge in [-0.2, -0.15) is 0 Å². The highest BCUT2D eigenvalue weighted by molar-refractivity contribution is 5.20. The van der Waals surface area contributed by atoms with Crippen LogP contribution in [0.25, 0.3) is 0 Å². The van der Waals surface area contributed by atoms with Gasteiger partial charge in [0.05, 0.1) is 13.2 Å². The molecule has 0 aromatic carbocycles. The summed E-state index contributed by atoms with van der Waals surface area (Å²) in [6.45, 7) is 4.59. The van der Waals surface area contributed by atoms with Crippen LogP contribution in [0.15, 0.2) is 12.7 Å². The Labute approximate surface area is 94.3 Å². The predicted octanol–water partition coefficient (Wildman–Crippen LogP) is -0.448. The molecule has 0 unspecified atom stereocenters. The molecule has 5 heteroatoms. The maximum atomic E-state index is 10.4. The van der Waals surface area contributed by atoms with Crippen molar-refractivity contribution in [3.63, 3.8) is 0 Å². The SMILES string of the molecule is C=C[C@@]1(O)CC[C@]2(C)O[C@H](CO)[C@@]1(CO)O2. The summed E-state index contributed by atoms with van der Waals surface area (Å²) in [5, 5.41) is 29.3. The van der Waals surface area contributed by atoms with Gasteiger partial charge in [0.15, 0.2) is 11.4 Å². The average molecular weight is 230 g/mol. The van der Waals surface area contributed by atoms with Crippen molar-refractivity contribution in [3.8, 4) is 0 Å². The molecule has 2 saturated heterocycles. The fourth-order valence-corrected chi connectivity index (χ4v) is 2.71. The summed E-state index contributed by atoms with van der Waals surface area (Å²) in [6.07, 6.45) is 1.51. The largest absolute Gasteiger partial charge is 0.394 e. The summed E-state index contributed by atoms with van der Waals surface area (Å²) in [6, 6.07) is 0. The van der Waals surface area contributed by atoms with Crippen LogP contribution in [0.3, 0.4) is 0 Å². The number of fused-ring (bicyclic) bond motifs is 2. The van der Waals surface area contributed by atoms with Crippen LogP contribution >= 0.6 is 0 Å². The lowest BCUT2D eigenvalue weighted by Crippen LogP contribution is -2.64. The molecule has 92 valence electrons. The molecule has 0 saturated carbocycles. The molecule has 0 aliphatic carbocycles. The lowest BCUT2D eigenvalue weighted by atomic mass is 9.74. The minimum Gasteiger partial charge on any atom is -0.394 e. The van der Waals surface area contributed by atoms with Gasteiger partial charge < -0.3 is 24.8 Å². The zero-order valence-corrected chi connectivity index (χ0v) is 9.35. The van der Waals surface area contributed by atoms with Gasteiger partial charge in [0.25, 0.3) is 0 Å². The second-order valence-electron chi connectivity index (χ2n) is 4.70. The maximum Gasteiger partial charge on any atom is 0.167 e. The van der Waals surface area contributed by atoms with Crippen LogP contribution in [-0.4, -0.2) is 51.6 Å². The van der Waals surface area contributed by atoms with Gasteiger partial charge in [0.1, 0.15) is 11.7 Å². The van der Waals surface area contributed by atoms with Crippen molar-refractivity contribution in [2.75, 3.05) is 13.2 Å². The van der Waals surface area contributed by atoms with Gasteiger partial charge in [-0.15, -0.1) is 6.58 Å². The molecule has 2 heterocycles. The third-order valence-electron chi connectivity index (χ3n) is 3.74. The van der Waals surface area contributed by atoms with E-state index in [2.05, 4.69) is 6.58 Å². The van der Waals surface area contributed by atoms with Crippen LogP contribution in [0.1, 0.15) is 19.8 Å². The first kappa shape index (κ1) is 12.0. The van der Waals surface area contributed by atoms with Crippen LogP contribution in [0.4, 0.5) is 0 Å². The molecule has 0 amide bonds. The number of hydrogen-bond donors (Lipinski definition) is 3. The van der Waals surface area contributed by atoms with Gasteiger partial charge in [-0.25, -0.2) is 0 Å². The molecular weight excluding hydrogens is 212 g/mol. The Balaban J connectivity index is 2.45. The Morgan fingerprint density at radius 3 is 2.62 bits per heavy atom. The van der Waals surface area contributed by atoms with Crippen LogP contribution in [0.5, 0.6) is 0 Å². The Kier molecular flexibility index (Phi) is 2.64. The molecule has 2 aliphatic heterocycles. The summed E-state index contributed by atoms with van der Waals surface area (Å²) in [4.78, 5) is 0. The number of aliphatic hydroxyl groups is 3. The monoisotopic (exact) mass is 230 g/mol. The number of rotatable bonds is 3. The lowest BCUT2D eigenvalue weighted by molar-refractivity contribution is -0.258. The minimum atomic E-state index is -1.37. The quantitative estimate of drug-likeness (QED) is 0.572. The van der Waals surface area contributed by atoms with E-state index in [1.54, 1.807) is 6.92 Å². The fourth-order valence-electron chi connectivity index (χ4n) is 2.71. The molecule has 0 aromatic rings. The highest BCUT2D eigenvalue weighted by atomic mass is 16.8. The van der Waals surface area contributed by atoms with Crippen LogP contribution in [-0.2, 0) is 9.47 Å². The van der Waals surface area contributed by atoms with E-state index in [9.17, 15) is 15.3 Å². The smallest absolute Gasteiger partial charge is 0.167 e. The third kappa shape index (κ3) is 1.30. The van der Waals surface area contributed by atoms with E-state index in [4.69, 9.17) is 9.47 Å². The van der Waals surface area contributed by atoms with Crippen molar-refractivity contribution in [2.45, 2.75) is 42.9 Å². The van der Waals surface area contributed by atoms with Crippen molar-refractivity contribution in [2.24, 2.45) is 0 Å². The summed E-state index contributed by atoms with van der Waals surface area (Å²) < 4.78 is 11.3. The summed E-state index contributed by atoms with van der Waals surface area (Å²) >= 11 is 0. The fraction of sp³-hybridized carbons (Fsp3) is 0.818. The van der Waals surface area contributed by atoms with Gasteiger partial charge in [-0.05, 0) is 13.3 Å². The number of ether oxygens (including phenoxy) is 2. The first-order chi connectivity index (χ1) is 7.45. The van der Waals surface area contributed by atoms with Crippen LogP contribution in [0.2, 0.25) is 0 Å². The molecule has 2 aliphatic rings. The zero-order chi connectivity index (χ0) is 12.0. The predicted molar refractivity (Wildman–Crippen MR) is 55.6 cm³/mol. The van der Waals surface area contributed by atoms with Crippen molar-refractivity contribution in [1.29, 1.82) is 0 Å². The van der Waals surface area contributed by atoms with Crippen molar-refractivity contribution in [1.82, 2.24) is 0 Å². The Morgan fingerprint density at radius 2 is 2.12 bits per heavy atom. The molecule has 5 nitrogen and oxygen atoms in total. The standard InChI is InChI=1S/C11H18O5/c1-3-10(14)5-4-9(2)15-8(6-12)11(10,7-13)16-9/h3,8,12-14H,1,4-7H2,2H3/t8-,9-,10-,11-/m1/s1. The second-order valence-corrected chi connectivity index (χ2v) is 4.70. The van der Waals surface area contributed by atoms with E-state index in [-0.39, 0.29) is 6.61 Å². The van der Waals surface area contributed by atoms with E-state index in [0.717, 1.165) is 0 Å². The van der Waals surface area contributed by atoms with Crippen molar-refractivity contribution in [3.05, 3.63) is 12.7 Å². The number of aliphatic hydroxyl groups excluding tert-OH is 2. The van der Waals surface area contributed by atoms with E-state index in [1.165, 1.54) is 6.08 Å². The average Bonchev–Trinajstić information content (AvgIpc) is 2.56. The summed E-state index contributed by atoms with van der Waals surface area (Å²) in [7, 11) is 0. The third-order valence-corrected chi connectivity index (χ3v) is 3.74. The van der Waals surface area contributed by atoms with E-state index in [0.29, 0.717) is 12.8 Å². The molecule has 2 fully saturated rings. The molecule has 0 radical (unpaired) electrons. The molecule has 0 spiro atoms. The minimum absolute atomic E-state index is 0.313.